The van der Waals surface area contributed by atoms with Crippen molar-refractivity contribution in [2.75, 3.05) is 5.32 Å². The van der Waals surface area contributed by atoms with Gasteiger partial charge in [-0.05, 0) is 30.3 Å². The summed E-state index contributed by atoms with van der Waals surface area (Å²) in [4.78, 5) is 29.4. The van der Waals surface area contributed by atoms with Crippen LogP contribution in [0.15, 0.2) is 51.9 Å². The van der Waals surface area contributed by atoms with E-state index in [9.17, 15) is 9.59 Å². The normalized spacial score (nSPS) is 15.5. The monoisotopic (exact) mass is 449 g/mol. The Morgan fingerprint density at radius 1 is 1.24 bits per heavy atom. The van der Waals surface area contributed by atoms with Crippen LogP contribution in [-0.2, 0) is 20.9 Å². The van der Waals surface area contributed by atoms with E-state index in [0.717, 1.165) is 4.90 Å². The van der Waals surface area contributed by atoms with E-state index >= 15 is 0 Å². The molecule has 29 heavy (non-hydrogen) atoms. The van der Waals surface area contributed by atoms with E-state index in [1.807, 2.05) is 0 Å². The second-order valence-electron chi connectivity index (χ2n) is 6.10. The molecule has 0 aliphatic carbocycles. The lowest BCUT2D eigenvalue weighted by Gasteiger charge is -2.23. The Hall–Kier alpha value is -2.55. The van der Waals surface area contributed by atoms with Crippen molar-refractivity contribution in [1.29, 1.82) is 0 Å². The number of fused-ring (bicyclic) bond motifs is 1. The van der Waals surface area contributed by atoms with Crippen molar-refractivity contribution in [3.63, 3.8) is 0 Å². The van der Waals surface area contributed by atoms with Gasteiger partial charge in [0.1, 0.15) is 0 Å². The lowest BCUT2D eigenvalue weighted by Crippen LogP contribution is -2.31. The van der Waals surface area contributed by atoms with Crippen molar-refractivity contribution in [3.8, 4) is 11.5 Å². The number of carbonyl (C=O) groups is 2. The van der Waals surface area contributed by atoms with Gasteiger partial charge in [-0.3, -0.25) is 9.59 Å². The highest BCUT2D eigenvalue weighted by Gasteiger charge is 2.30. The summed E-state index contributed by atoms with van der Waals surface area (Å²) in [7, 11) is 0. The molecule has 0 saturated heterocycles. The van der Waals surface area contributed by atoms with Gasteiger partial charge in [0.25, 0.3) is 5.89 Å². The Morgan fingerprint density at radius 3 is 2.90 bits per heavy atom. The predicted octanol–water partition coefficient (Wildman–Crippen LogP) is 4.59. The number of halogens is 2. The summed E-state index contributed by atoms with van der Waals surface area (Å²) >= 11 is 13.3. The predicted molar refractivity (Wildman–Crippen MR) is 109 cm³/mol. The Labute approximate surface area is 179 Å². The molecular formula is C19H13Cl2N3O4S. The number of carbonyl (C=O) groups excluding carboxylic acids is 2. The first-order valence-corrected chi connectivity index (χ1v) is 10.1. The highest BCUT2D eigenvalue weighted by Crippen LogP contribution is 2.38. The summed E-state index contributed by atoms with van der Waals surface area (Å²) < 4.78 is 10.4. The van der Waals surface area contributed by atoms with E-state index in [4.69, 9.17) is 32.5 Å². The van der Waals surface area contributed by atoms with E-state index in [0.29, 0.717) is 21.3 Å². The van der Waals surface area contributed by atoms with E-state index in [1.165, 1.54) is 11.8 Å². The fourth-order valence-corrected chi connectivity index (χ4v) is 4.13. The fraction of sp³-hybridized carbons (Fsp3) is 0.158. The summed E-state index contributed by atoms with van der Waals surface area (Å²) in [5.41, 5.74) is 1.23. The summed E-state index contributed by atoms with van der Waals surface area (Å²) in [6, 6.07) is 12.2. The fourth-order valence-electron chi connectivity index (χ4n) is 2.67. The molecule has 1 atom stereocenters. The SMILES string of the molecule is O=C(CC1Sc2ccc(Cl)cc2NC1=O)OCc1noc(-c2ccccc2Cl)n1. The van der Waals surface area contributed by atoms with Crippen LogP contribution in [0.3, 0.4) is 0 Å². The van der Waals surface area contributed by atoms with Gasteiger partial charge in [-0.25, -0.2) is 0 Å². The van der Waals surface area contributed by atoms with Crippen LogP contribution in [-0.4, -0.2) is 27.3 Å². The van der Waals surface area contributed by atoms with Crippen LogP contribution >= 0.6 is 35.0 Å². The zero-order valence-electron chi connectivity index (χ0n) is 14.7. The minimum Gasteiger partial charge on any atom is -0.457 e. The van der Waals surface area contributed by atoms with Crippen LogP contribution in [0.25, 0.3) is 11.5 Å². The van der Waals surface area contributed by atoms with Crippen LogP contribution in [0.4, 0.5) is 5.69 Å². The zero-order chi connectivity index (χ0) is 20.4. The number of esters is 1. The summed E-state index contributed by atoms with van der Waals surface area (Å²) in [5.74, 6) is -0.380. The maximum atomic E-state index is 12.2. The molecule has 7 nitrogen and oxygen atoms in total. The third kappa shape index (κ3) is 4.55. The van der Waals surface area contributed by atoms with Crippen LogP contribution < -0.4 is 5.32 Å². The van der Waals surface area contributed by atoms with Gasteiger partial charge < -0.3 is 14.6 Å². The molecule has 2 aromatic carbocycles. The van der Waals surface area contributed by atoms with Gasteiger partial charge in [-0.15, -0.1) is 11.8 Å². The standard InChI is InChI=1S/C19H13Cl2N3O4S/c20-10-5-6-14-13(7-10)22-18(26)15(29-14)8-17(25)27-9-16-23-19(28-24-16)11-3-1-2-4-12(11)21/h1-7,15H,8-9H2,(H,22,26). The minimum absolute atomic E-state index is 0.0895. The molecule has 1 aliphatic rings. The molecule has 1 amide bonds. The smallest absolute Gasteiger partial charge is 0.307 e. The Balaban J connectivity index is 1.34. The number of anilines is 1. The topological polar surface area (TPSA) is 94.3 Å². The average molecular weight is 450 g/mol. The first-order chi connectivity index (χ1) is 14.0. The molecule has 1 aromatic heterocycles. The third-order valence-electron chi connectivity index (χ3n) is 4.05. The van der Waals surface area contributed by atoms with Gasteiger partial charge >= 0.3 is 5.97 Å². The summed E-state index contributed by atoms with van der Waals surface area (Å²) in [6.07, 6.45) is -0.0895. The van der Waals surface area contributed by atoms with Crippen molar-refractivity contribution in [2.45, 2.75) is 23.2 Å². The van der Waals surface area contributed by atoms with E-state index in [1.54, 1.807) is 42.5 Å². The van der Waals surface area contributed by atoms with Crippen molar-refractivity contribution in [2.24, 2.45) is 0 Å². The highest BCUT2D eigenvalue weighted by molar-refractivity contribution is 8.01. The van der Waals surface area contributed by atoms with Crippen LogP contribution in [0.1, 0.15) is 12.2 Å². The molecule has 2 heterocycles. The first-order valence-electron chi connectivity index (χ1n) is 8.50. The quantitative estimate of drug-likeness (QED) is 0.569. The van der Waals surface area contributed by atoms with Crippen LogP contribution in [0.5, 0.6) is 0 Å². The maximum absolute atomic E-state index is 12.2. The highest BCUT2D eigenvalue weighted by atomic mass is 35.5. The molecule has 0 fully saturated rings. The molecule has 0 spiro atoms. The van der Waals surface area contributed by atoms with Crippen LogP contribution in [0, 0.1) is 0 Å². The van der Waals surface area contributed by atoms with Gasteiger partial charge in [0, 0.05) is 9.92 Å². The Morgan fingerprint density at radius 2 is 2.07 bits per heavy atom. The van der Waals surface area contributed by atoms with Gasteiger partial charge in [-0.2, -0.15) is 4.98 Å². The molecular weight excluding hydrogens is 437 g/mol. The van der Waals surface area contributed by atoms with Crippen molar-refractivity contribution < 1.29 is 18.8 Å². The molecule has 1 N–H and O–H groups in total. The first kappa shape index (κ1) is 19.8. The second-order valence-corrected chi connectivity index (χ2v) is 8.18. The molecule has 4 rings (SSSR count). The number of thioether (sulfide) groups is 1. The number of amides is 1. The molecule has 148 valence electrons. The number of hydrogen-bond donors (Lipinski definition) is 1. The molecule has 0 saturated carbocycles. The van der Waals surface area contributed by atoms with Gasteiger partial charge in [-0.1, -0.05) is 40.5 Å². The Kier molecular flexibility index (Phi) is 5.75. The lowest BCUT2D eigenvalue weighted by molar-refractivity contribution is -0.146. The molecule has 1 unspecified atom stereocenters. The largest absolute Gasteiger partial charge is 0.457 e. The number of benzene rings is 2. The van der Waals surface area contributed by atoms with Gasteiger partial charge in [0.05, 0.1) is 27.9 Å². The number of ether oxygens (including phenoxy) is 1. The van der Waals surface area contributed by atoms with Crippen LogP contribution in [0.2, 0.25) is 10.0 Å². The number of hydrogen-bond acceptors (Lipinski definition) is 7. The zero-order valence-corrected chi connectivity index (χ0v) is 17.1. The van der Waals surface area contributed by atoms with Gasteiger partial charge in [0.2, 0.25) is 11.7 Å². The molecule has 1 aliphatic heterocycles. The molecule has 0 bridgehead atoms. The van der Waals surface area contributed by atoms with Gasteiger partial charge in [0.15, 0.2) is 6.61 Å². The van der Waals surface area contributed by atoms with E-state index in [-0.39, 0.29) is 30.7 Å². The molecule has 10 heteroatoms. The number of nitrogens with zero attached hydrogens (tertiary/aromatic N) is 2. The van der Waals surface area contributed by atoms with Crippen molar-refractivity contribution >= 4 is 52.5 Å². The Bertz CT molecular complexity index is 1090. The van der Waals surface area contributed by atoms with Crippen molar-refractivity contribution in [3.05, 3.63) is 58.3 Å². The maximum Gasteiger partial charge on any atom is 0.307 e. The van der Waals surface area contributed by atoms with E-state index in [2.05, 4.69) is 15.5 Å². The lowest BCUT2D eigenvalue weighted by atomic mass is 10.2. The average Bonchev–Trinajstić information content (AvgIpc) is 3.16. The number of rotatable bonds is 5. The number of aromatic nitrogens is 2. The third-order valence-corrected chi connectivity index (χ3v) is 5.89. The summed E-state index contributed by atoms with van der Waals surface area (Å²) in [5, 5.41) is 6.94. The summed E-state index contributed by atoms with van der Waals surface area (Å²) in [6.45, 7) is -0.169. The molecule has 3 aromatic rings. The molecule has 0 radical (unpaired) electrons. The number of nitrogens with one attached hydrogen (secondary N) is 1. The van der Waals surface area contributed by atoms with Crippen molar-refractivity contribution in [1.82, 2.24) is 10.1 Å². The van der Waals surface area contributed by atoms with E-state index < -0.39 is 11.2 Å². The minimum atomic E-state index is -0.597. The second kappa shape index (κ2) is 8.44.